The van der Waals surface area contributed by atoms with Gasteiger partial charge in [0.05, 0.1) is 6.07 Å². The molecule has 0 radical (unpaired) electrons. The molecule has 0 fully saturated rings. The van der Waals surface area contributed by atoms with Crippen LogP contribution in [-0.2, 0) is 4.79 Å². The van der Waals surface area contributed by atoms with Crippen molar-refractivity contribution in [1.29, 1.82) is 5.26 Å². The third-order valence-electron chi connectivity index (χ3n) is 2.63. The lowest BCUT2D eigenvalue weighted by Crippen LogP contribution is -2.40. The standard InChI is InChI=1S/C14H16N2O3/c1-9-6-10(2)8-11(7-9)13(17)16-12(14(18)19)4-3-5-15/h6-8,12H,3-4H2,1-2H3,(H,16,17)(H,18,19)/t12-/m0/s1. The highest BCUT2D eigenvalue weighted by atomic mass is 16.4. The van der Waals surface area contributed by atoms with Crippen molar-refractivity contribution in [2.45, 2.75) is 32.7 Å². The highest BCUT2D eigenvalue weighted by Crippen LogP contribution is 2.09. The molecule has 5 heteroatoms. The van der Waals surface area contributed by atoms with Crippen molar-refractivity contribution in [2.24, 2.45) is 0 Å². The lowest BCUT2D eigenvalue weighted by Gasteiger charge is -2.13. The normalized spacial score (nSPS) is 11.4. The Labute approximate surface area is 111 Å². The van der Waals surface area contributed by atoms with Crippen LogP contribution in [0.5, 0.6) is 0 Å². The van der Waals surface area contributed by atoms with Gasteiger partial charge >= 0.3 is 5.97 Å². The summed E-state index contributed by atoms with van der Waals surface area (Å²) in [5.41, 5.74) is 2.31. The van der Waals surface area contributed by atoms with Crippen LogP contribution in [0.15, 0.2) is 18.2 Å². The second kappa shape index (κ2) is 6.55. The Morgan fingerprint density at radius 1 is 1.32 bits per heavy atom. The minimum absolute atomic E-state index is 0.0874. The van der Waals surface area contributed by atoms with Crippen molar-refractivity contribution >= 4 is 11.9 Å². The molecule has 19 heavy (non-hydrogen) atoms. The number of nitrogens with one attached hydrogen (secondary N) is 1. The predicted octanol–water partition coefficient (Wildman–Crippen LogP) is 1.79. The molecule has 0 bridgehead atoms. The number of hydrogen-bond acceptors (Lipinski definition) is 3. The molecular formula is C14H16N2O3. The molecule has 0 heterocycles. The molecule has 0 aliphatic heterocycles. The van der Waals surface area contributed by atoms with Gasteiger partial charge in [0, 0.05) is 12.0 Å². The molecule has 0 spiro atoms. The first-order valence-electron chi connectivity index (χ1n) is 5.93. The number of nitriles is 1. The van der Waals surface area contributed by atoms with E-state index in [0.717, 1.165) is 11.1 Å². The fourth-order valence-corrected chi connectivity index (χ4v) is 1.81. The van der Waals surface area contributed by atoms with Crippen LogP contribution in [0.3, 0.4) is 0 Å². The van der Waals surface area contributed by atoms with E-state index < -0.39 is 17.9 Å². The summed E-state index contributed by atoms with van der Waals surface area (Å²) in [6, 6.07) is 6.17. The largest absolute Gasteiger partial charge is 0.480 e. The fraction of sp³-hybridized carbons (Fsp3) is 0.357. The Hall–Kier alpha value is -2.35. The van der Waals surface area contributed by atoms with Crippen LogP contribution >= 0.6 is 0 Å². The number of carbonyl (C=O) groups is 2. The summed E-state index contributed by atoms with van der Waals surface area (Å²) in [6.45, 7) is 3.74. The smallest absolute Gasteiger partial charge is 0.326 e. The molecule has 1 atom stereocenters. The first-order chi connectivity index (χ1) is 8.93. The lowest BCUT2D eigenvalue weighted by molar-refractivity contribution is -0.139. The Morgan fingerprint density at radius 2 is 1.89 bits per heavy atom. The van der Waals surface area contributed by atoms with E-state index in [1.54, 1.807) is 12.1 Å². The predicted molar refractivity (Wildman–Crippen MR) is 69.7 cm³/mol. The molecule has 1 aromatic carbocycles. The third kappa shape index (κ3) is 4.43. The molecule has 0 saturated heterocycles. The molecule has 0 aliphatic rings. The summed E-state index contributed by atoms with van der Waals surface area (Å²) in [4.78, 5) is 23.0. The van der Waals surface area contributed by atoms with Crippen LogP contribution in [0.4, 0.5) is 0 Å². The Bertz CT molecular complexity index is 512. The maximum atomic E-state index is 12.0. The molecule has 0 saturated carbocycles. The van der Waals surface area contributed by atoms with E-state index in [0.29, 0.717) is 5.56 Å². The summed E-state index contributed by atoms with van der Waals surface area (Å²) in [5, 5.41) is 19.9. The SMILES string of the molecule is Cc1cc(C)cc(C(=O)N[C@@H](CCC#N)C(=O)O)c1. The van der Waals surface area contributed by atoms with Gasteiger partial charge < -0.3 is 10.4 Å². The molecule has 5 nitrogen and oxygen atoms in total. The zero-order valence-corrected chi connectivity index (χ0v) is 10.9. The van der Waals surface area contributed by atoms with Crippen LogP contribution in [0.2, 0.25) is 0 Å². The monoisotopic (exact) mass is 260 g/mol. The first-order valence-corrected chi connectivity index (χ1v) is 5.93. The maximum Gasteiger partial charge on any atom is 0.326 e. The highest BCUT2D eigenvalue weighted by Gasteiger charge is 2.20. The summed E-state index contributed by atoms with van der Waals surface area (Å²) in [5.74, 6) is -1.56. The van der Waals surface area contributed by atoms with Crippen LogP contribution in [-0.4, -0.2) is 23.0 Å². The van der Waals surface area contributed by atoms with E-state index >= 15 is 0 Å². The third-order valence-corrected chi connectivity index (χ3v) is 2.63. The van der Waals surface area contributed by atoms with Crippen LogP contribution in [0, 0.1) is 25.2 Å². The molecule has 100 valence electrons. The minimum atomic E-state index is -1.13. The second-order valence-electron chi connectivity index (χ2n) is 4.44. The van der Waals surface area contributed by atoms with Crippen molar-refractivity contribution in [3.63, 3.8) is 0 Å². The zero-order chi connectivity index (χ0) is 14.4. The number of carbonyl (C=O) groups excluding carboxylic acids is 1. The zero-order valence-electron chi connectivity index (χ0n) is 10.9. The second-order valence-corrected chi connectivity index (χ2v) is 4.44. The Morgan fingerprint density at radius 3 is 2.37 bits per heavy atom. The lowest BCUT2D eigenvalue weighted by atomic mass is 10.1. The maximum absolute atomic E-state index is 12.0. The highest BCUT2D eigenvalue weighted by molar-refractivity contribution is 5.96. The number of benzene rings is 1. The summed E-state index contributed by atoms with van der Waals surface area (Å²) in [6.07, 6.45) is 0.187. The number of amides is 1. The van der Waals surface area contributed by atoms with Crippen LogP contribution in [0.1, 0.15) is 34.3 Å². The van der Waals surface area contributed by atoms with Gasteiger partial charge in [-0.2, -0.15) is 5.26 Å². The number of aliphatic carboxylic acids is 1. The number of rotatable bonds is 5. The van der Waals surface area contributed by atoms with Crippen molar-refractivity contribution in [3.8, 4) is 6.07 Å². The molecule has 0 aliphatic carbocycles. The van der Waals surface area contributed by atoms with Crippen molar-refractivity contribution in [2.75, 3.05) is 0 Å². The van der Waals surface area contributed by atoms with E-state index in [1.165, 1.54) is 0 Å². The van der Waals surface area contributed by atoms with Gasteiger partial charge in [0.25, 0.3) is 5.91 Å². The van der Waals surface area contributed by atoms with Gasteiger partial charge in [-0.1, -0.05) is 17.2 Å². The van der Waals surface area contributed by atoms with Gasteiger partial charge in [-0.25, -0.2) is 4.79 Å². The number of aryl methyl sites for hydroxylation is 2. The van der Waals surface area contributed by atoms with Crippen molar-refractivity contribution in [1.82, 2.24) is 5.32 Å². The van der Waals surface area contributed by atoms with Gasteiger partial charge in [0.15, 0.2) is 0 Å². The molecule has 1 aromatic rings. The Kier molecular flexibility index (Phi) is 5.07. The number of nitrogens with zero attached hydrogens (tertiary/aromatic N) is 1. The van der Waals surface area contributed by atoms with Crippen LogP contribution in [0.25, 0.3) is 0 Å². The van der Waals surface area contributed by atoms with Gasteiger partial charge in [-0.15, -0.1) is 0 Å². The molecular weight excluding hydrogens is 244 g/mol. The topological polar surface area (TPSA) is 90.2 Å². The van der Waals surface area contributed by atoms with E-state index in [2.05, 4.69) is 5.32 Å². The number of carboxylic acids is 1. The summed E-state index contributed by atoms with van der Waals surface area (Å²) < 4.78 is 0. The Balaban J connectivity index is 2.82. The van der Waals surface area contributed by atoms with Gasteiger partial charge in [0.2, 0.25) is 0 Å². The minimum Gasteiger partial charge on any atom is -0.480 e. The number of carboxylic acid groups (broad SMARTS) is 1. The summed E-state index contributed by atoms with van der Waals surface area (Å²) >= 11 is 0. The molecule has 0 unspecified atom stereocenters. The average Bonchev–Trinajstić information content (AvgIpc) is 2.32. The first kappa shape index (κ1) is 14.7. The van der Waals surface area contributed by atoms with E-state index in [1.807, 2.05) is 26.0 Å². The molecule has 0 aromatic heterocycles. The molecule has 1 amide bonds. The van der Waals surface area contributed by atoms with E-state index in [4.69, 9.17) is 10.4 Å². The quantitative estimate of drug-likeness (QED) is 0.844. The average molecular weight is 260 g/mol. The van der Waals surface area contributed by atoms with E-state index in [9.17, 15) is 9.59 Å². The van der Waals surface area contributed by atoms with Crippen molar-refractivity contribution < 1.29 is 14.7 Å². The van der Waals surface area contributed by atoms with Gasteiger partial charge in [-0.05, 0) is 32.4 Å². The molecule has 2 N–H and O–H groups in total. The van der Waals surface area contributed by atoms with E-state index in [-0.39, 0.29) is 12.8 Å². The van der Waals surface area contributed by atoms with Crippen LogP contribution < -0.4 is 5.32 Å². The van der Waals surface area contributed by atoms with Gasteiger partial charge in [0.1, 0.15) is 6.04 Å². The van der Waals surface area contributed by atoms with Crippen molar-refractivity contribution in [3.05, 3.63) is 34.9 Å². The molecule has 1 rings (SSSR count). The van der Waals surface area contributed by atoms with Gasteiger partial charge in [-0.3, -0.25) is 4.79 Å². The summed E-state index contributed by atoms with van der Waals surface area (Å²) in [7, 11) is 0. The fourth-order valence-electron chi connectivity index (χ4n) is 1.81. The number of hydrogen-bond donors (Lipinski definition) is 2.